The quantitative estimate of drug-likeness (QED) is 0.837. The lowest BCUT2D eigenvalue weighted by Crippen LogP contribution is -2.35. The van der Waals surface area contributed by atoms with Gasteiger partial charge in [-0.2, -0.15) is 0 Å². The van der Waals surface area contributed by atoms with E-state index in [1.54, 1.807) is 14.2 Å². The summed E-state index contributed by atoms with van der Waals surface area (Å²) in [7, 11) is 3.51. The number of rotatable bonds is 6. The van der Waals surface area contributed by atoms with E-state index in [9.17, 15) is 0 Å². The molecule has 0 aliphatic carbocycles. The highest BCUT2D eigenvalue weighted by Gasteiger charge is 2.25. The second kappa shape index (κ2) is 6.95. The van der Waals surface area contributed by atoms with Crippen LogP contribution in [0.25, 0.3) is 0 Å². The summed E-state index contributed by atoms with van der Waals surface area (Å²) in [6.45, 7) is 6.94. The van der Waals surface area contributed by atoms with Crippen molar-refractivity contribution in [1.29, 1.82) is 0 Å². The zero-order valence-electron chi connectivity index (χ0n) is 13.0. The maximum Gasteiger partial charge on any atom is 0.127 e. The van der Waals surface area contributed by atoms with Gasteiger partial charge in [0.25, 0.3) is 0 Å². The molecule has 0 saturated carbocycles. The molecule has 112 valence electrons. The lowest BCUT2D eigenvalue weighted by molar-refractivity contribution is 0.369. The van der Waals surface area contributed by atoms with Crippen molar-refractivity contribution < 1.29 is 9.47 Å². The van der Waals surface area contributed by atoms with Crippen molar-refractivity contribution >= 4 is 0 Å². The largest absolute Gasteiger partial charge is 0.496 e. The molecule has 0 fully saturated rings. The molecule has 1 aliphatic rings. The van der Waals surface area contributed by atoms with Crippen LogP contribution in [0.15, 0.2) is 6.07 Å². The van der Waals surface area contributed by atoms with E-state index in [-0.39, 0.29) is 0 Å². The smallest absolute Gasteiger partial charge is 0.127 e. The number of hydrogen-bond acceptors (Lipinski definition) is 4. The first kappa shape index (κ1) is 15.1. The Kier molecular flexibility index (Phi) is 5.26. The molecule has 0 amide bonds. The fourth-order valence-electron chi connectivity index (χ4n) is 2.88. The molecule has 1 unspecified atom stereocenters. The summed E-state index contributed by atoms with van der Waals surface area (Å²) < 4.78 is 11.3. The van der Waals surface area contributed by atoms with Gasteiger partial charge in [-0.1, -0.05) is 13.8 Å². The van der Waals surface area contributed by atoms with E-state index >= 15 is 0 Å². The Morgan fingerprint density at radius 3 is 2.65 bits per heavy atom. The van der Waals surface area contributed by atoms with Crippen LogP contribution in [0.4, 0.5) is 0 Å². The monoisotopic (exact) mass is 278 g/mol. The van der Waals surface area contributed by atoms with E-state index in [4.69, 9.17) is 9.47 Å². The molecule has 1 heterocycles. The number of benzene rings is 1. The van der Waals surface area contributed by atoms with E-state index in [0.29, 0.717) is 6.04 Å². The lowest BCUT2D eigenvalue weighted by Gasteiger charge is -2.29. The van der Waals surface area contributed by atoms with E-state index in [0.717, 1.165) is 44.0 Å². The summed E-state index contributed by atoms with van der Waals surface area (Å²) in [4.78, 5) is 0. The highest BCUT2D eigenvalue weighted by atomic mass is 16.5. The summed E-state index contributed by atoms with van der Waals surface area (Å²) in [6.07, 6.45) is 2.13. The second-order valence-corrected chi connectivity index (χ2v) is 5.20. The SMILES string of the molecule is CCNCc1cc(OC)c2c(c1OC)CC(CC)NC2. The van der Waals surface area contributed by atoms with E-state index in [2.05, 4.69) is 30.5 Å². The van der Waals surface area contributed by atoms with Crippen LogP contribution in [0.5, 0.6) is 11.5 Å². The number of nitrogens with one attached hydrogen (secondary N) is 2. The molecule has 2 rings (SSSR count). The Morgan fingerprint density at radius 2 is 2.05 bits per heavy atom. The van der Waals surface area contributed by atoms with Crippen LogP contribution in [-0.4, -0.2) is 26.8 Å². The van der Waals surface area contributed by atoms with E-state index in [1.807, 2.05) is 0 Å². The van der Waals surface area contributed by atoms with Crippen molar-refractivity contribution in [3.63, 3.8) is 0 Å². The van der Waals surface area contributed by atoms with Gasteiger partial charge in [-0.15, -0.1) is 0 Å². The highest BCUT2D eigenvalue weighted by molar-refractivity contribution is 5.55. The van der Waals surface area contributed by atoms with E-state index < -0.39 is 0 Å². The molecule has 0 aromatic heterocycles. The van der Waals surface area contributed by atoms with Crippen molar-refractivity contribution in [3.8, 4) is 11.5 Å². The van der Waals surface area contributed by atoms with Crippen molar-refractivity contribution in [3.05, 3.63) is 22.8 Å². The van der Waals surface area contributed by atoms with Gasteiger partial charge in [-0.3, -0.25) is 0 Å². The predicted octanol–water partition coefficient (Wildman–Crippen LogP) is 2.24. The fourth-order valence-corrected chi connectivity index (χ4v) is 2.88. The molecule has 1 aliphatic heterocycles. The summed E-state index contributed by atoms with van der Waals surface area (Å²) >= 11 is 0. The molecule has 2 N–H and O–H groups in total. The van der Waals surface area contributed by atoms with Gasteiger partial charge in [0.2, 0.25) is 0 Å². The minimum Gasteiger partial charge on any atom is -0.496 e. The van der Waals surface area contributed by atoms with Gasteiger partial charge in [-0.05, 0) is 25.5 Å². The maximum atomic E-state index is 5.71. The predicted molar refractivity (Wildman–Crippen MR) is 81.5 cm³/mol. The average Bonchev–Trinajstić information content (AvgIpc) is 2.50. The molecule has 0 saturated heterocycles. The van der Waals surface area contributed by atoms with Gasteiger partial charge in [0.15, 0.2) is 0 Å². The number of fused-ring (bicyclic) bond motifs is 1. The van der Waals surface area contributed by atoms with Crippen LogP contribution in [0, 0.1) is 0 Å². The van der Waals surface area contributed by atoms with E-state index in [1.165, 1.54) is 16.7 Å². The Hall–Kier alpha value is -1.26. The zero-order valence-corrected chi connectivity index (χ0v) is 13.0. The van der Waals surface area contributed by atoms with Crippen molar-refractivity contribution in [2.75, 3.05) is 20.8 Å². The molecule has 1 atom stereocenters. The van der Waals surface area contributed by atoms with Crippen LogP contribution < -0.4 is 20.1 Å². The van der Waals surface area contributed by atoms with Gasteiger partial charge in [0.1, 0.15) is 11.5 Å². The van der Waals surface area contributed by atoms with Crippen molar-refractivity contribution in [2.24, 2.45) is 0 Å². The molecule has 0 radical (unpaired) electrons. The first-order valence-corrected chi connectivity index (χ1v) is 7.44. The standard InChI is InChI=1S/C16H26N2O2/c1-5-12-8-13-14(10-18-12)15(19-3)7-11(9-17-6-2)16(13)20-4/h7,12,17-18H,5-6,8-10H2,1-4H3. The zero-order chi connectivity index (χ0) is 14.5. The summed E-state index contributed by atoms with van der Waals surface area (Å²) in [5.41, 5.74) is 3.74. The topological polar surface area (TPSA) is 42.5 Å². The second-order valence-electron chi connectivity index (χ2n) is 5.20. The van der Waals surface area contributed by atoms with Crippen molar-refractivity contribution in [1.82, 2.24) is 10.6 Å². The number of ether oxygens (including phenoxy) is 2. The number of methoxy groups -OCH3 is 2. The molecular weight excluding hydrogens is 252 g/mol. The Labute approximate surface area is 121 Å². The van der Waals surface area contributed by atoms with Crippen LogP contribution in [0.2, 0.25) is 0 Å². The summed E-state index contributed by atoms with van der Waals surface area (Å²) in [5, 5.41) is 6.93. The normalized spacial score (nSPS) is 17.7. The highest BCUT2D eigenvalue weighted by Crippen LogP contribution is 2.37. The van der Waals surface area contributed by atoms with Gasteiger partial charge in [0, 0.05) is 35.8 Å². The molecule has 20 heavy (non-hydrogen) atoms. The summed E-state index contributed by atoms with van der Waals surface area (Å²) in [6, 6.07) is 2.63. The van der Waals surface area contributed by atoms with Gasteiger partial charge in [-0.25, -0.2) is 0 Å². The number of hydrogen-bond donors (Lipinski definition) is 2. The Bertz CT molecular complexity index is 460. The molecule has 4 nitrogen and oxygen atoms in total. The molecule has 4 heteroatoms. The molecular formula is C16H26N2O2. The molecule has 0 spiro atoms. The third kappa shape index (κ3) is 2.91. The average molecular weight is 278 g/mol. The first-order valence-electron chi connectivity index (χ1n) is 7.44. The Balaban J connectivity index is 2.45. The Morgan fingerprint density at radius 1 is 1.25 bits per heavy atom. The minimum atomic E-state index is 0.524. The van der Waals surface area contributed by atoms with Gasteiger partial charge in [0.05, 0.1) is 14.2 Å². The van der Waals surface area contributed by atoms with Crippen LogP contribution in [0.3, 0.4) is 0 Å². The third-order valence-electron chi connectivity index (χ3n) is 4.03. The first-order chi connectivity index (χ1) is 9.74. The summed E-state index contributed by atoms with van der Waals surface area (Å²) in [5.74, 6) is 2.00. The maximum absolute atomic E-state index is 5.71. The minimum absolute atomic E-state index is 0.524. The van der Waals surface area contributed by atoms with Gasteiger partial charge >= 0.3 is 0 Å². The molecule has 0 bridgehead atoms. The van der Waals surface area contributed by atoms with Crippen LogP contribution in [-0.2, 0) is 19.5 Å². The fraction of sp³-hybridized carbons (Fsp3) is 0.625. The molecule has 1 aromatic rings. The van der Waals surface area contributed by atoms with Crippen molar-refractivity contribution in [2.45, 2.75) is 45.8 Å². The van der Waals surface area contributed by atoms with Crippen LogP contribution in [0.1, 0.15) is 37.0 Å². The van der Waals surface area contributed by atoms with Crippen LogP contribution >= 0.6 is 0 Å². The third-order valence-corrected chi connectivity index (χ3v) is 4.03. The lowest BCUT2D eigenvalue weighted by atomic mass is 9.90. The van der Waals surface area contributed by atoms with Gasteiger partial charge < -0.3 is 20.1 Å². The molecule has 1 aromatic carbocycles.